The van der Waals surface area contributed by atoms with Gasteiger partial charge in [-0.25, -0.2) is 0 Å². The predicted octanol–water partition coefficient (Wildman–Crippen LogP) is 3.04. The number of rotatable bonds is 5. The van der Waals surface area contributed by atoms with Gasteiger partial charge in [0.15, 0.2) is 0 Å². The number of thioether (sulfide) groups is 1. The number of hydrogen-bond donors (Lipinski definition) is 0. The fourth-order valence-electron chi connectivity index (χ4n) is 1.11. The van der Waals surface area contributed by atoms with Gasteiger partial charge in [0.05, 0.1) is 12.4 Å². The fraction of sp³-hybridized carbons (Fsp3) is 0.417. The van der Waals surface area contributed by atoms with Crippen LogP contribution in [-0.4, -0.2) is 18.3 Å². The number of carbonyl (C=O) groups excluding carboxylic acids is 1. The maximum absolute atomic E-state index is 11.2. The van der Waals surface area contributed by atoms with Crippen molar-refractivity contribution in [3.63, 3.8) is 0 Å². The Kier molecular flexibility index (Phi) is 5.26. The third-order valence-electron chi connectivity index (χ3n) is 1.91. The Hall–Kier alpha value is -0.960. The van der Waals surface area contributed by atoms with E-state index in [0.29, 0.717) is 12.4 Å². The molecule has 0 atom stereocenters. The average molecular weight is 224 g/mol. The predicted molar refractivity (Wildman–Crippen MR) is 63.2 cm³/mol. The van der Waals surface area contributed by atoms with Crippen LogP contribution in [0.3, 0.4) is 0 Å². The molecule has 0 aromatic heterocycles. The summed E-state index contributed by atoms with van der Waals surface area (Å²) in [5.74, 6) is 0.260. The highest BCUT2D eigenvalue weighted by molar-refractivity contribution is 8.00. The van der Waals surface area contributed by atoms with Gasteiger partial charge in [0.1, 0.15) is 0 Å². The van der Waals surface area contributed by atoms with Crippen molar-refractivity contribution in [3.05, 3.63) is 29.8 Å². The van der Waals surface area contributed by atoms with E-state index in [9.17, 15) is 4.79 Å². The first-order chi connectivity index (χ1) is 7.24. The molecule has 0 saturated heterocycles. The number of benzene rings is 1. The molecule has 0 aliphatic heterocycles. The SMILES string of the molecule is CCCOC(=O)CSc1ccccc1C. The first-order valence-corrected chi connectivity index (χ1v) is 6.06. The molecule has 0 fully saturated rings. The molecule has 1 aromatic rings. The Balaban J connectivity index is 2.37. The molecule has 0 bridgehead atoms. The normalized spacial score (nSPS) is 10.0. The molecule has 1 rings (SSSR count). The number of ether oxygens (including phenoxy) is 1. The van der Waals surface area contributed by atoms with E-state index in [1.807, 2.05) is 38.1 Å². The van der Waals surface area contributed by atoms with Crippen LogP contribution >= 0.6 is 11.8 Å². The summed E-state index contributed by atoms with van der Waals surface area (Å²) in [5, 5.41) is 0. The van der Waals surface area contributed by atoms with E-state index in [1.165, 1.54) is 17.3 Å². The van der Waals surface area contributed by atoms with E-state index < -0.39 is 0 Å². The van der Waals surface area contributed by atoms with Crippen LogP contribution in [0.15, 0.2) is 29.2 Å². The van der Waals surface area contributed by atoms with E-state index >= 15 is 0 Å². The van der Waals surface area contributed by atoms with Gasteiger partial charge in [-0.2, -0.15) is 0 Å². The van der Waals surface area contributed by atoms with Crippen molar-refractivity contribution < 1.29 is 9.53 Å². The Morgan fingerprint density at radius 1 is 1.40 bits per heavy atom. The van der Waals surface area contributed by atoms with Gasteiger partial charge in [-0.05, 0) is 25.0 Å². The van der Waals surface area contributed by atoms with E-state index in [2.05, 4.69) is 0 Å². The number of esters is 1. The van der Waals surface area contributed by atoms with Gasteiger partial charge in [0, 0.05) is 4.90 Å². The Morgan fingerprint density at radius 2 is 2.13 bits per heavy atom. The van der Waals surface area contributed by atoms with Crippen molar-refractivity contribution >= 4 is 17.7 Å². The first-order valence-electron chi connectivity index (χ1n) is 5.08. The molecule has 0 aliphatic carbocycles. The maximum atomic E-state index is 11.2. The molecule has 0 saturated carbocycles. The van der Waals surface area contributed by atoms with Crippen LogP contribution in [0.5, 0.6) is 0 Å². The number of carbonyl (C=O) groups is 1. The van der Waals surface area contributed by atoms with Crippen molar-refractivity contribution in [1.29, 1.82) is 0 Å². The zero-order valence-corrected chi connectivity index (χ0v) is 9.97. The molecule has 82 valence electrons. The van der Waals surface area contributed by atoms with Gasteiger partial charge >= 0.3 is 5.97 Å². The average Bonchev–Trinajstić information content (AvgIpc) is 2.25. The standard InChI is InChI=1S/C12H16O2S/c1-3-8-14-12(13)9-15-11-7-5-4-6-10(11)2/h4-7H,3,8-9H2,1-2H3. The van der Waals surface area contributed by atoms with Crippen LogP contribution in [-0.2, 0) is 9.53 Å². The second-order valence-electron chi connectivity index (χ2n) is 3.27. The number of aryl methyl sites for hydroxylation is 1. The molecule has 1 aromatic carbocycles. The van der Waals surface area contributed by atoms with Crippen LogP contribution in [0.2, 0.25) is 0 Å². The summed E-state index contributed by atoms with van der Waals surface area (Å²) in [6, 6.07) is 8.04. The smallest absolute Gasteiger partial charge is 0.316 e. The van der Waals surface area contributed by atoms with Crippen LogP contribution < -0.4 is 0 Å². The Labute approximate surface area is 95.0 Å². The van der Waals surface area contributed by atoms with Crippen molar-refractivity contribution in [2.75, 3.05) is 12.4 Å². The van der Waals surface area contributed by atoms with Crippen LogP contribution in [0.25, 0.3) is 0 Å². The zero-order chi connectivity index (χ0) is 11.1. The molecule has 0 aliphatic rings. The van der Waals surface area contributed by atoms with E-state index in [4.69, 9.17) is 4.74 Å². The van der Waals surface area contributed by atoms with Gasteiger partial charge in [-0.1, -0.05) is 25.1 Å². The van der Waals surface area contributed by atoms with Gasteiger partial charge < -0.3 is 4.74 Å². The molecule has 0 amide bonds. The summed E-state index contributed by atoms with van der Waals surface area (Å²) in [6.45, 7) is 4.55. The summed E-state index contributed by atoms with van der Waals surface area (Å²) >= 11 is 1.53. The summed E-state index contributed by atoms with van der Waals surface area (Å²) in [7, 11) is 0. The highest BCUT2D eigenvalue weighted by atomic mass is 32.2. The molecule has 3 heteroatoms. The Morgan fingerprint density at radius 3 is 2.80 bits per heavy atom. The monoisotopic (exact) mass is 224 g/mol. The molecule has 0 radical (unpaired) electrons. The van der Waals surface area contributed by atoms with Crippen molar-refractivity contribution in [2.45, 2.75) is 25.2 Å². The molecular formula is C12H16O2S. The number of hydrogen-bond acceptors (Lipinski definition) is 3. The van der Waals surface area contributed by atoms with Crippen LogP contribution in [0.4, 0.5) is 0 Å². The largest absolute Gasteiger partial charge is 0.465 e. The van der Waals surface area contributed by atoms with Crippen molar-refractivity contribution in [1.82, 2.24) is 0 Å². The fourth-order valence-corrected chi connectivity index (χ4v) is 1.94. The van der Waals surface area contributed by atoms with Crippen molar-refractivity contribution in [2.24, 2.45) is 0 Å². The molecular weight excluding hydrogens is 208 g/mol. The van der Waals surface area contributed by atoms with Gasteiger partial charge in [-0.3, -0.25) is 4.79 Å². The quantitative estimate of drug-likeness (QED) is 0.568. The van der Waals surface area contributed by atoms with Gasteiger partial charge in [0.25, 0.3) is 0 Å². The van der Waals surface area contributed by atoms with E-state index in [-0.39, 0.29) is 5.97 Å². The highest BCUT2D eigenvalue weighted by Gasteiger charge is 2.04. The lowest BCUT2D eigenvalue weighted by Crippen LogP contribution is -2.07. The molecule has 0 N–H and O–H groups in total. The molecule has 2 nitrogen and oxygen atoms in total. The molecule has 0 spiro atoms. The Bertz CT molecular complexity index is 323. The maximum Gasteiger partial charge on any atom is 0.316 e. The minimum atomic E-state index is -0.134. The first kappa shape index (κ1) is 12.1. The zero-order valence-electron chi connectivity index (χ0n) is 9.16. The second-order valence-corrected chi connectivity index (χ2v) is 4.29. The lowest BCUT2D eigenvalue weighted by atomic mass is 10.2. The second kappa shape index (κ2) is 6.51. The van der Waals surface area contributed by atoms with Crippen LogP contribution in [0.1, 0.15) is 18.9 Å². The van der Waals surface area contributed by atoms with Gasteiger partial charge in [-0.15, -0.1) is 11.8 Å². The van der Waals surface area contributed by atoms with Crippen LogP contribution in [0, 0.1) is 6.92 Å². The summed E-state index contributed by atoms with van der Waals surface area (Å²) in [6.07, 6.45) is 0.876. The minimum Gasteiger partial charge on any atom is -0.465 e. The van der Waals surface area contributed by atoms with Crippen molar-refractivity contribution in [3.8, 4) is 0 Å². The van der Waals surface area contributed by atoms with E-state index in [1.54, 1.807) is 0 Å². The summed E-state index contributed by atoms with van der Waals surface area (Å²) < 4.78 is 4.99. The molecule has 0 unspecified atom stereocenters. The lowest BCUT2D eigenvalue weighted by Gasteiger charge is -2.05. The third kappa shape index (κ3) is 4.38. The third-order valence-corrected chi connectivity index (χ3v) is 3.06. The van der Waals surface area contributed by atoms with Gasteiger partial charge in [0.2, 0.25) is 0 Å². The lowest BCUT2D eigenvalue weighted by molar-refractivity contribution is -0.140. The molecule has 15 heavy (non-hydrogen) atoms. The molecule has 0 heterocycles. The summed E-state index contributed by atoms with van der Waals surface area (Å²) in [4.78, 5) is 12.4. The highest BCUT2D eigenvalue weighted by Crippen LogP contribution is 2.21. The topological polar surface area (TPSA) is 26.3 Å². The summed E-state index contributed by atoms with van der Waals surface area (Å²) in [5.41, 5.74) is 1.20. The van der Waals surface area contributed by atoms with E-state index in [0.717, 1.165) is 11.3 Å². The minimum absolute atomic E-state index is 0.134.